The third kappa shape index (κ3) is 3.44. The van der Waals surface area contributed by atoms with Crippen molar-refractivity contribution in [3.8, 4) is 0 Å². The Bertz CT molecular complexity index is 183. The van der Waals surface area contributed by atoms with Crippen LogP contribution in [0.4, 0.5) is 0 Å². The molecule has 1 N–H and O–H groups in total. The molecule has 2 fully saturated rings. The van der Waals surface area contributed by atoms with E-state index in [-0.39, 0.29) is 0 Å². The number of piperazine rings is 1. The van der Waals surface area contributed by atoms with Gasteiger partial charge in [-0.25, -0.2) is 0 Å². The van der Waals surface area contributed by atoms with Crippen LogP contribution in [0, 0.1) is 0 Å². The van der Waals surface area contributed by atoms with Crippen molar-refractivity contribution < 1.29 is 0 Å². The number of rotatable bonds is 4. The molecule has 0 spiro atoms. The highest BCUT2D eigenvalue weighted by Crippen LogP contribution is 2.18. The van der Waals surface area contributed by atoms with Crippen LogP contribution in [0.5, 0.6) is 0 Å². The van der Waals surface area contributed by atoms with Gasteiger partial charge in [0.1, 0.15) is 0 Å². The maximum absolute atomic E-state index is 3.72. The van der Waals surface area contributed by atoms with Gasteiger partial charge >= 0.3 is 0 Å². The van der Waals surface area contributed by atoms with Gasteiger partial charge in [-0.2, -0.15) is 0 Å². The van der Waals surface area contributed by atoms with Crippen LogP contribution in [0.2, 0.25) is 0 Å². The van der Waals surface area contributed by atoms with Crippen LogP contribution in [-0.4, -0.2) is 61.7 Å². The highest BCUT2D eigenvalue weighted by molar-refractivity contribution is 4.81. The van der Waals surface area contributed by atoms with Crippen molar-refractivity contribution in [3.63, 3.8) is 0 Å². The van der Waals surface area contributed by atoms with Crippen LogP contribution < -0.4 is 5.32 Å². The first-order valence-corrected chi connectivity index (χ1v) is 6.41. The van der Waals surface area contributed by atoms with Crippen LogP contribution >= 0.6 is 0 Å². The lowest BCUT2D eigenvalue weighted by atomic mass is 9.92. The molecule has 2 aliphatic rings. The molecule has 1 heterocycles. The second kappa shape index (κ2) is 5.28. The summed E-state index contributed by atoms with van der Waals surface area (Å²) in [5, 5.41) is 3.72. The van der Waals surface area contributed by atoms with E-state index in [1.165, 1.54) is 52.0 Å². The zero-order chi connectivity index (χ0) is 10.7. The molecular formula is C12H25N3. The monoisotopic (exact) mass is 211 g/mol. The van der Waals surface area contributed by atoms with E-state index in [0.717, 1.165) is 6.04 Å². The van der Waals surface area contributed by atoms with Crippen LogP contribution in [0.1, 0.15) is 26.2 Å². The normalized spacial score (nSPS) is 27.6. The molecule has 1 unspecified atom stereocenters. The van der Waals surface area contributed by atoms with Gasteiger partial charge in [0.15, 0.2) is 0 Å². The van der Waals surface area contributed by atoms with Crippen LogP contribution in [0.3, 0.4) is 0 Å². The minimum absolute atomic E-state index is 0.665. The van der Waals surface area contributed by atoms with E-state index in [2.05, 4.69) is 29.1 Å². The lowest BCUT2D eigenvalue weighted by Crippen LogP contribution is -2.51. The minimum Gasteiger partial charge on any atom is -0.310 e. The number of nitrogens with zero attached hydrogens (tertiary/aromatic N) is 2. The largest absolute Gasteiger partial charge is 0.310 e. The van der Waals surface area contributed by atoms with Crippen LogP contribution in [-0.2, 0) is 0 Å². The first kappa shape index (κ1) is 11.4. The molecule has 0 aromatic heterocycles. The summed E-state index contributed by atoms with van der Waals surface area (Å²) in [5.74, 6) is 0. The van der Waals surface area contributed by atoms with Crippen molar-refractivity contribution >= 4 is 0 Å². The molecule has 15 heavy (non-hydrogen) atoms. The molecule has 0 radical (unpaired) electrons. The second-order valence-electron chi connectivity index (χ2n) is 5.30. The third-order valence-electron chi connectivity index (χ3n) is 3.75. The Kier molecular flexibility index (Phi) is 4.00. The molecule has 0 aromatic rings. The van der Waals surface area contributed by atoms with E-state index < -0.39 is 0 Å². The van der Waals surface area contributed by atoms with Gasteiger partial charge in [-0.3, -0.25) is 4.90 Å². The van der Waals surface area contributed by atoms with Crippen LogP contribution in [0.25, 0.3) is 0 Å². The molecule has 0 aromatic carbocycles. The minimum atomic E-state index is 0.665. The van der Waals surface area contributed by atoms with Crippen molar-refractivity contribution in [2.75, 3.05) is 39.8 Å². The van der Waals surface area contributed by atoms with E-state index in [4.69, 9.17) is 0 Å². The Morgan fingerprint density at radius 2 is 1.87 bits per heavy atom. The van der Waals surface area contributed by atoms with Crippen molar-refractivity contribution in [2.45, 2.75) is 38.3 Å². The average molecular weight is 211 g/mol. The molecule has 0 amide bonds. The fraction of sp³-hybridized carbons (Fsp3) is 1.00. The molecule has 3 nitrogen and oxygen atoms in total. The molecule has 0 bridgehead atoms. The van der Waals surface area contributed by atoms with E-state index in [0.29, 0.717) is 6.04 Å². The molecule has 1 atom stereocenters. The Balaban J connectivity index is 1.62. The predicted octanol–water partition coefficient (Wildman–Crippen LogP) is 0.764. The summed E-state index contributed by atoms with van der Waals surface area (Å²) in [6.07, 6.45) is 4.22. The van der Waals surface area contributed by atoms with Crippen molar-refractivity contribution in [3.05, 3.63) is 0 Å². The fourth-order valence-corrected chi connectivity index (χ4v) is 2.45. The molecule has 88 valence electrons. The van der Waals surface area contributed by atoms with E-state index in [9.17, 15) is 0 Å². The van der Waals surface area contributed by atoms with Crippen molar-refractivity contribution in [2.24, 2.45) is 0 Å². The zero-order valence-corrected chi connectivity index (χ0v) is 10.2. The summed E-state index contributed by atoms with van der Waals surface area (Å²) in [4.78, 5) is 5.01. The molecule has 1 saturated heterocycles. The van der Waals surface area contributed by atoms with Gasteiger partial charge in [0.25, 0.3) is 0 Å². The van der Waals surface area contributed by atoms with Crippen LogP contribution in [0.15, 0.2) is 0 Å². The number of likely N-dealkylation sites (N-methyl/N-ethyl adjacent to an activating group) is 1. The lowest BCUT2D eigenvalue weighted by molar-refractivity contribution is 0.138. The molecule has 1 aliphatic heterocycles. The maximum atomic E-state index is 3.72. The summed E-state index contributed by atoms with van der Waals surface area (Å²) in [5.41, 5.74) is 0. The summed E-state index contributed by atoms with van der Waals surface area (Å²) >= 11 is 0. The van der Waals surface area contributed by atoms with Gasteiger partial charge < -0.3 is 10.2 Å². The summed E-state index contributed by atoms with van der Waals surface area (Å²) < 4.78 is 0. The van der Waals surface area contributed by atoms with Gasteiger partial charge in [0, 0.05) is 44.8 Å². The zero-order valence-electron chi connectivity index (χ0n) is 10.2. The fourth-order valence-electron chi connectivity index (χ4n) is 2.45. The SMILES string of the molecule is CC(CN1CCN(C)CC1)NC1CCC1. The first-order chi connectivity index (χ1) is 7.24. The van der Waals surface area contributed by atoms with Crippen molar-refractivity contribution in [1.29, 1.82) is 0 Å². The highest BCUT2D eigenvalue weighted by Gasteiger charge is 2.21. The van der Waals surface area contributed by atoms with Gasteiger partial charge in [0.05, 0.1) is 0 Å². The Labute approximate surface area is 93.8 Å². The Morgan fingerprint density at radius 1 is 1.20 bits per heavy atom. The molecule has 1 aliphatic carbocycles. The topological polar surface area (TPSA) is 18.5 Å². The van der Waals surface area contributed by atoms with E-state index in [1.807, 2.05) is 0 Å². The average Bonchev–Trinajstić information content (AvgIpc) is 2.16. The smallest absolute Gasteiger partial charge is 0.0169 e. The standard InChI is InChI=1S/C12H25N3/c1-11(13-12-4-3-5-12)10-15-8-6-14(2)7-9-15/h11-13H,3-10H2,1-2H3. The molecular weight excluding hydrogens is 186 g/mol. The number of nitrogens with one attached hydrogen (secondary N) is 1. The second-order valence-corrected chi connectivity index (χ2v) is 5.30. The number of hydrogen-bond acceptors (Lipinski definition) is 3. The Hall–Kier alpha value is -0.120. The van der Waals surface area contributed by atoms with Gasteiger partial charge in [-0.05, 0) is 26.8 Å². The van der Waals surface area contributed by atoms with Gasteiger partial charge in [-0.15, -0.1) is 0 Å². The van der Waals surface area contributed by atoms with E-state index >= 15 is 0 Å². The van der Waals surface area contributed by atoms with E-state index in [1.54, 1.807) is 0 Å². The van der Waals surface area contributed by atoms with Gasteiger partial charge in [0.2, 0.25) is 0 Å². The Morgan fingerprint density at radius 3 is 2.40 bits per heavy atom. The molecule has 1 saturated carbocycles. The maximum Gasteiger partial charge on any atom is 0.0169 e. The summed E-state index contributed by atoms with van der Waals surface area (Å²) in [7, 11) is 2.22. The van der Waals surface area contributed by atoms with Gasteiger partial charge in [-0.1, -0.05) is 6.42 Å². The quantitative estimate of drug-likeness (QED) is 0.741. The van der Waals surface area contributed by atoms with Crippen molar-refractivity contribution in [1.82, 2.24) is 15.1 Å². The number of hydrogen-bond donors (Lipinski definition) is 1. The first-order valence-electron chi connectivity index (χ1n) is 6.41. The summed E-state index contributed by atoms with van der Waals surface area (Å²) in [6, 6.07) is 1.49. The lowest BCUT2D eigenvalue weighted by Gasteiger charge is -2.36. The summed E-state index contributed by atoms with van der Waals surface area (Å²) in [6.45, 7) is 8.51. The highest BCUT2D eigenvalue weighted by atomic mass is 15.3. The predicted molar refractivity (Wildman–Crippen MR) is 64.2 cm³/mol. The third-order valence-corrected chi connectivity index (χ3v) is 3.75. The molecule has 2 rings (SSSR count). The molecule has 3 heteroatoms.